The van der Waals surface area contributed by atoms with Crippen molar-refractivity contribution in [3.05, 3.63) is 29.9 Å². The van der Waals surface area contributed by atoms with Crippen molar-refractivity contribution >= 4 is 0 Å². The predicted molar refractivity (Wildman–Crippen MR) is 63.7 cm³/mol. The van der Waals surface area contributed by atoms with Gasteiger partial charge >= 0.3 is 0 Å². The van der Waals surface area contributed by atoms with Gasteiger partial charge in [-0.25, -0.2) is 4.98 Å². The van der Waals surface area contributed by atoms with Crippen LogP contribution in [0, 0.1) is 0 Å². The summed E-state index contributed by atoms with van der Waals surface area (Å²) in [7, 11) is 0. The number of imidazole rings is 1. The molecule has 1 aromatic heterocycles. The molecular weight excluding hydrogens is 186 g/mol. The Labute approximate surface area is 92.2 Å². The lowest BCUT2D eigenvalue weighted by Gasteiger charge is -2.06. The van der Waals surface area contributed by atoms with Gasteiger partial charge in [0.15, 0.2) is 0 Å². The Morgan fingerprint density at radius 3 is 3.00 bits per heavy atom. The first-order valence-electron chi connectivity index (χ1n) is 5.57. The fourth-order valence-corrected chi connectivity index (χ4v) is 1.41. The molecule has 0 aliphatic carbocycles. The van der Waals surface area contributed by atoms with Gasteiger partial charge in [0.2, 0.25) is 0 Å². The Hall–Kier alpha value is -1.09. The minimum atomic E-state index is 0.893. The number of hydrogen-bond acceptors (Lipinski definition) is 2. The number of rotatable bonds is 6. The lowest BCUT2D eigenvalue weighted by atomic mass is 10.3. The van der Waals surface area contributed by atoms with Crippen molar-refractivity contribution in [2.45, 2.75) is 40.3 Å². The van der Waals surface area contributed by atoms with E-state index in [4.69, 9.17) is 0 Å². The van der Waals surface area contributed by atoms with Gasteiger partial charge < -0.3 is 9.88 Å². The van der Waals surface area contributed by atoms with Crippen LogP contribution in [0.4, 0.5) is 0 Å². The number of nitrogens with zero attached hydrogens (tertiary/aromatic N) is 2. The normalized spacial score (nSPS) is 10.3. The molecule has 1 heterocycles. The van der Waals surface area contributed by atoms with E-state index in [1.807, 2.05) is 12.5 Å². The van der Waals surface area contributed by atoms with Gasteiger partial charge in [0.1, 0.15) is 0 Å². The zero-order chi connectivity index (χ0) is 11.1. The highest BCUT2D eigenvalue weighted by atomic mass is 15.1. The minimum Gasteiger partial charge on any atom is -0.333 e. The van der Waals surface area contributed by atoms with E-state index >= 15 is 0 Å². The first-order chi connectivity index (χ1) is 7.24. The van der Waals surface area contributed by atoms with Crippen molar-refractivity contribution < 1.29 is 0 Å². The summed E-state index contributed by atoms with van der Waals surface area (Å²) in [5.74, 6) is 0. The molecule has 84 valence electrons. The van der Waals surface area contributed by atoms with Crippen molar-refractivity contribution in [3.8, 4) is 0 Å². The van der Waals surface area contributed by atoms with Gasteiger partial charge in [-0.15, -0.1) is 0 Å². The molecular formula is C12H21N3. The fraction of sp³-hybridized carbons (Fsp3) is 0.583. The van der Waals surface area contributed by atoms with Gasteiger partial charge in [0.25, 0.3) is 0 Å². The smallest absolute Gasteiger partial charge is 0.0948 e. The third-order valence-corrected chi connectivity index (χ3v) is 2.22. The van der Waals surface area contributed by atoms with E-state index in [1.54, 1.807) is 0 Å². The molecule has 0 radical (unpaired) electrons. The molecule has 0 aliphatic heterocycles. The van der Waals surface area contributed by atoms with E-state index in [0.29, 0.717) is 0 Å². The maximum absolute atomic E-state index is 4.16. The van der Waals surface area contributed by atoms with E-state index in [2.05, 4.69) is 41.7 Å². The van der Waals surface area contributed by atoms with E-state index < -0.39 is 0 Å². The fourth-order valence-electron chi connectivity index (χ4n) is 1.41. The first-order valence-corrected chi connectivity index (χ1v) is 5.57. The Morgan fingerprint density at radius 1 is 1.53 bits per heavy atom. The molecule has 1 N–H and O–H groups in total. The van der Waals surface area contributed by atoms with Crippen LogP contribution in [0.3, 0.4) is 0 Å². The molecule has 1 aromatic rings. The molecule has 0 aromatic carbocycles. The third kappa shape index (κ3) is 4.30. The second-order valence-electron chi connectivity index (χ2n) is 3.99. The number of aromatic nitrogens is 2. The van der Waals surface area contributed by atoms with Crippen LogP contribution in [-0.4, -0.2) is 16.1 Å². The van der Waals surface area contributed by atoms with Crippen molar-refractivity contribution in [3.63, 3.8) is 0 Å². The lowest BCUT2D eigenvalue weighted by molar-refractivity contribution is 0.617. The van der Waals surface area contributed by atoms with E-state index in [-0.39, 0.29) is 0 Å². The van der Waals surface area contributed by atoms with Gasteiger partial charge in [0.05, 0.1) is 12.0 Å². The van der Waals surface area contributed by atoms with Crippen LogP contribution >= 0.6 is 0 Å². The van der Waals surface area contributed by atoms with Crippen LogP contribution in [0.1, 0.15) is 32.9 Å². The molecule has 0 amide bonds. The summed E-state index contributed by atoms with van der Waals surface area (Å²) >= 11 is 0. The van der Waals surface area contributed by atoms with Crippen molar-refractivity contribution in [1.82, 2.24) is 14.9 Å². The standard InChI is InChI=1S/C12H21N3/c1-4-7-15-10-14-9-12(15)8-13-6-5-11(2)3/h5,9-10,13H,4,6-8H2,1-3H3. The van der Waals surface area contributed by atoms with Gasteiger partial charge in [-0.1, -0.05) is 18.6 Å². The third-order valence-electron chi connectivity index (χ3n) is 2.22. The zero-order valence-corrected chi connectivity index (χ0v) is 9.95. The molecule has 3 heteroatoms. The summed E-state index contributed by atoms with van der Waals surface area (Å²) in [5.41, 5.74) is 2.61. The van der Waals surface area contributed by atoms with Gasteiger partial charge in [0, 0.05) is 25.8 Å². The molecule has 0 fully saturated rings. The summed E-state index contributed by atoms with van der Waals surface area (Å²) in [6.07, 6.45) is 7.18. The summed E-state index contributed by atoms with van der Waals surface area (Å²) in [5, 5.41) is 3.38. The highest BCUT2D eigenvalue weighted by Gasteiger charge is 1.99. The van der Waals surface area contributed by atoms with Crippen LogP contribution in [0.2, 0.25) is 0 Å². The highest BCUT2D eigenvalue weighted by Crippen LogP contribution is 2.00. The molecule has 0 aliphatic rings. The molecule has 0 saturated carbocycles. The molecule has 3 nitrogen and oxygen atoms in total. The molecule has 15 heavy (non-hydrogen) atoms. The van der Waals surface area contributed by atoms with E-state index in [0.717, 1.165) is 26.1 Å². The topological polar surface area (TPSA) is 29.9 Å². The maximum atomic E-state index is 4.16. The second kappa shape index (κ2) is 6.40. The molecule has 0 spiro atoms. The van der Waals surface area contributed by atoms with Crippen LogP contribution in [0.25, 0.3) is 0 Å². The van der Waals surface area contributed by atoms with Crippen LogP contribution in [-0.2, 0) is 13.1 Å². The van der Waals surface area contributed by atoms with Crippen LogP contribution in [0.15, 0.2) is 24.2 Å². The highest BCUT2D eigenvalue weighted by molar-refractivity contribution is 4.99. The number of aryl methyl sites for hydroxylation is 1. The van der Waals surface area contributed by atoms with Gasteiger partial charge in [-0.05, 0) is 20.3 Å². The minimum absolute atomic E-state index is 0.893. The van der Waals surface area contributed by atoms with Crippen LogP contribution in [0.5, 0.6) is 0 Å². The summed E-state index contributed by atoms with van der Waals surface area (Å²) in [6, 6.07) is 0. The second-order valence-corrected chi connectivity index (χ2v) is 3.99. The summed E-state index contributed by atoms with van der Waals surface area (Å²) in [4.78, 5) is 4.16. The average Bonchev–Trinajstić information content (AvgIpc) is 2.61. The first kappa shape index (κ1) is 12.0. The molecule has 0 unspecified atom stereocenters. The molecule has 1 rings (SSSR count). The summed E-state index contributed by atoms with van der Waals surface area (Å²) < 4.78 is 2.20. The van der Waals surface area contributed by atoms with Gasteiger partial charge in [-0.3, -0.25) is 0 Å². The van der Waals surface area contributed by atoms with Crippen LogP contribution < -0.4 is 5.32 Å². The zero-order valence-electron chi connectivity index (χ0n) is 9.95. The summed E-state index contributed by atoms with van der Waals surface area (Å²) in [6.45, 7) is 9.29. The molecule has 0 bridgehead atoms. The average molecular weight is 207 g/mol. The number of allylic oxidation sites excluding steroid dienone is 1. The Balaban J connectivity index is 2.36. The van der Waals surface area contributed by atoms with E-state index in [1.165, 1.54) is 11.3 Å². The Kier molecular flexibility index (Phi) is 5.12. The predicted octanol–water partition coefficient (Wildman–Crippen LogP) is 2.35. The SMILES string of the molecule is CCCn1cncc1CNCC=C(C)C. The monoisotopic (exact) mass is 207 g/mol. The van der Waals surface area contributed by atoms with Crippen molar-refractivity contribution in [2.75, 3.05) is 6.54 Å². The van der Waals surface area contributed by atoms with Gasteiger partial charge in [-0.2, -0.15) is 0 Å². The Bertz CT molecular complexity index is 308. The quantitative estimate of drug-likeness (QED) is 0.573. The lowest BCUT2D eigenvalue weighted by Crippen LogP contribution is -2.16. The maximum Gasteiger partial charge on any atom is 0.0948 e. The molecule has 0 atom stereocenters. The molecule has 0 saturated heterocycles. The Morgan fingerprint density at radius 2 is 2.33 bits per heavy atom. The largest absolute Gasteiger partial charge is 0.333 e. The van der Waals surface area contributed by atoms with E-state index in [9.17, 15) is 0 Å². The van der Waals surface area contributed by atoms with Crippen molar-refractivity contribution in [2.24, 2.45) is 0 Å². The number of hydrogen-bond donors (Lipinski definition) is 1. The number of nitrogens with one attached hydrogen (secondary N) is 1. The van der Waals surface area contributed by atoms with Crippen molar-refractivity contribution in [1.29, 1.82) is 0 Å².